The molecule has 1 fully saturated rings. The smallest absolute Gasteiger partial charge is 0.226 e. The van der Waals surface area contributed by atoms with Gasteiger partial charge in [0.25, 0.3) is 0 Å². The third kappa shape index (κ3) is 4.82. The zero-order valence-corrected chi connectivity index (χ0v) is 17.1. The fourth-order valence-corrected chi connectivity index (χ4v) is 3.98. The molecule has 6 heteroatoms. The number of benzene rings is 1. The number of ether oxygens (including phenoxy) is 2. The molecule has 3 rings (SSSR count). The maximum atomic E-state index is 13.1. The van der Waals surface area contributed by atoms with Crippen molar-refractivity contribution in [3.63, 3.8) is 0 Å². The van der Waals surface area contributed by atoms with E-state index in [0.717, 1.165) is 36.6 Å². The van der Waals surface area contributed by atoms with Crippen molar-refractivity contribution in [1.29, 1.82) is 0 Å². The second kappa shape index (κ2) is 9.24. The van der Waals surface area contributed by atoms with Crippen molar-refractivity contribution in [2.75, 3.05) is 33.9 Å². The molecule has 1 atom stereocenters. The number of carbonyl (C=O) groups excluding carboxylic acids is 1. The van der Waals surface area contributed by atoms with Crippen molar-refractivity contribution < 1.29 is 14.3 Å². The lowest BCUT2D eigenvalue weighted by Gasteiger charge is -2.35. The predicted octanol–water partition coefficient (Wildman–Crippen LogP) is 3.19. The molecule has 2 aromatic rings. The molecular formula is C21H28N2O3S. The number of amides is 1. The Kier molecular flexibility index (Phi) is 6.74. The minimum atomic E-state index is 0.0512. The normalized spacial score (nSPS) is 15.1. The van der Waals surface area contributed by atoms with Gasteiger partial charge < -0.3 is 19.7 Å². The van der Waals surface area contributed by atoms with Crippen molar-refractivity contribution in [2.45, 2.75) is 19.9 Å². The van der Waals surface area contributed by atoms with Crippen molar-refractivity contribution >= 4 is 17.2 Å². The van der Waals surface area contributed by atoms with E-state index in [9.17, 15) is 4.79 Å². The largest absolute Gasteiger partial charge is 0.493 e. The molecule has 1 aromatic carbocycles. The summed E-state index contributed by atoms with van der Waals surface area (Å²) in [5.41, 5.74) is 2.33. The molecule has 2 heterocycles. The molecule has 1 saturated heterocycles. The number of carbonyl (C=O) groups is 1. The average molecular weight is 389 g/mol. The first-order valence-corrected chi connectivity index (χ1v) is 10.3. The van der Waals surface area contributed by atoms with Gasteiger partial charge in [-0.3, -0.25) is 4.79 Å². The van der Waals surface area contributed by atoms with Crippen LogP contribution >= 0.6 is 11.3 Å². The molecule has 1 N–H and O–H groups in total. The van der Waals surface area contributed by atoms with Crippen LogP contribution in [0.4, 0.5) is 0 Å². The fourth-order valence-electron chi connectivity index (χ4n) is 3.32. The Labute approximate surface area is 165 Å². The molecule has 1 aliphatic heterocycles. The third-order valence-corrected chi connectivity index (χ3v) is 6.03. The van der Waals surface area contributed by atoms with Gasteiger partial charge in [0.15, 0.2) is 11.5 Å². The number of rotatable bonds is 9. The zero-order valence-electron chi connectivity index (χ0n) is 16.2. The van der Waals surface area contributed by atoms with Gasteiger partial charge in [-0.1, -0.05) is 13.0 Å². The molecule has 1 aromatic heterocycles. The van der Waals surface area contributed by atoms with Crippen LogP contribution in [0, 0.1) is 11.8 Å². The van der Waals surface area contributed by atoms with E-state index in [0.29, 0.717) is 19.0 Å². The Balaban J connectivity index is 1.69. The molecule has 1 aliphatic rings. The van der Waals surface area contributed by atoms with E-state index < -0.39 is 0 Å². The van der Waals surface area contributed by atoms with Crippen molar-refractivity contribution in [2.24, 2.45) is 11.8 Å². The maximum absolute atomic E-state index is 13.1. The highest BCUT2D eigenvalue weighted by Crippen LogP contribution is 2.28. The van der Waals surface area contributed by atoms with Crippen LogP contribution in [-0.4, -0.2) is 44.7 Å². The molecule has 1 amide bonds. The van der Waals surface area contributed by atoms with E-state index in [1.54, 1.807) is 25.6 Å². The Morgan fingerprint density at radius 1 is 1.22 bits per heavy atom. The summed E-state index contributed by atoms with van der Waals surface area (Å²) in [5, 5.41) is 7.45. The highest BCUT2D eigenvalue weighted by molar-refractivity contribution is 7.07. The zero-order chi connectivity index (χ0) is 19.2. The first-order chi connectivity index (χ1) is 13.1. The quantitative estimate of drug-likeness (QED) is 0.717. The number of nitrogens with zero attached hydrogens (tertiary/aromatic N) is 1. The van der Waals surface area contributed by atoms with Crippen LogP contribution in [-0.2, 0) is 17.8 Å². The Morgan fingerprint density at radius 3 is 2.59 bits per heavy atom. The molecule has 146 valence electrons. The second-order valence-corrected chi connectivity index (χ2v) is 7.82. The van der Waals surface area contributed by atoms with Gasteiger partial charge in [0, 0.05) is 19.0 Å². The summed E-state index contributed by atoms with van der Waals surface area (Å²) in [6.45, 7) is 5.30. The lowest BCUT2D eigenvalue weighted by atomic mass is 9.87. The van der Waals surface area contributed by atoms with Crippen molar-refractivity contribution in [1.82, 2.24) is 10.2 Å². The van der Waals surface area contributed by atoms with Crippen molar-refractivity contribution in [3.05, 3.63) is 46.2 Å². The molecule has 27 heavy (non-hydrogen) atoms. The van der Waals surface area contributed by atoms with Gasteiger partial charge in [0.1, 0.15) is 0 Å². The molecule has 0 radical (unpaired) electrons. The fraction of sp³-hybridized carbons (Fsp3) is 0.476. The molecule has 0 spiro atoms. The predicted molar refractivity (Wildman–Crippen MR) is 109 cm³/mol. The van der Waals surface area contributed by atoms with Crippen molar-refractivity contribution in [3.8, 4) is 11.5 Å². The summed E-state index contributed by atoms with van der Waals surface area (Å²) in [4.78, 5) is 15.1. The maximum Gasteiger partial charge on any atom is 0.226 e. The number of hydrogen-bond donors (Lipinski definition) is 1. The van der Waals surface area contributed by atoms with E-state index in [4.69, 9.17) is 9.47 Å². The molecule has 1 unspecified atom stereocenters. The van der Waals surface area contributed by atoms with Crippen LogP contribution in [0.5, 0.6) is 11.5 Å². The van der Waals surface area contributed by atoms with Crippen LogP contribution in [0.2, 0.25) is 0 Å². The van der Waals surface area contributed by atoms with E-state index >= 15 is 0 Å². The first kappa shape index (κ1) is 19.7. The lowest BCUT2D eigenvalue weighted by Crippen LogP contribution is -2.50. The van der Waals surface area contributed by atoms with Crippen LogP contribution in [0.3, 0.4) is 0 Å². The standard InChI is InChI=1S/C21H28N2O3S/c1-15(18-11-22-12-18)21(24)23(13-17-7-9-27-14-17)8-6-16-4-5-19(25-2)20(10-16)26-3/h4-5,7,9-10,14-15,18,22H,6,8,11-13H2,1-3H3. The minimum absolute atomic E-state index is 0.0512. The topological polar surface area (TPSA) is 50.8 Å². The molecular weight excluding hydrogens is 360 g/mol. The molecule has 0 aliphatic carbocycles. The highest BCUT2D eigenvalue weighted by Gasteiger charge is 2.31. The van der Waals surface area contributed by atoms with Gasteiger partial charge in [-0.25, -0.2) is 0 Å². The summed E-state index contributed by atoms with van der Waals surface area (Å²) in [6, 6.07) is 8.04. The summed E-state index contributed by atoms with van der Waals surface area (Å²) in [7, 11) is 3.28. The van der Waals surface area contributed by atoms with Gasteiger partial charge in [0.05, 0.1) is 14.2 Å². The lowest BCUT2D eigenvalue weighted by molar-refractivity contribution is -0.138. The van der Waals surface area contributed by atoms with E-state index in [-0.39, 0.29) is 11.8 Å². The van der Waals surface area contributed by atoms with Crippen LogP contribution in [0.15, 0.2) is 35.0 Å². The first-order valence-electron chi connectivity index (χ1n) is 9.34. The number of hydrogen-bond acceptors (Lipinski definition) is 5. The number of nitrogens with one attached hydrogen (secondary N) is 1. The van der Waals surface area contributed by atoms with E-state index in [1.807, 2.05) is 23.1 Å². The summed E-state index contributed by atoms with van der Waals surface area (Å²) in [6.07, 6.45) is 0.784. The Bertz CT molecular complexity index is 744. The van der Waals surface area contributed by atoms with Gasteiger partial charge >= 0.3 is 0 Å². The van der Waals surface area contributed by atoms with Gasteiger partial charge in [-0.15, -0.1) is 0 Å². The average Bonchev–Trinajstić information content (AvgIpc) is 3.15. The molecule has 0 saturated carbocycles. The summed E-state index contributed by atoms with van der Waals surface area (Å²) >= 11 is 1.67. The highest BCUT2D eigenvalue weighted by atomic mass is 32.1. The van der Waals surface area contributed by atoms with Crippen LogP contribution < -0.4 is 14.8 Å². The SMILES string of the molecule is COc1ccc(CCN(Cc2ccsc2)C(=O)C(C)C2CNC2)cc1OC. The summed E-state index contributed by atoms with van der Waals surface area (Å²) < 4.78 is 10.7. The Hall–Kier alpha value is -2.05. The van der Waals surface area contributed by atoms with E-state index in [2.05, 4.69) is 29.1 Å². The third-order valence-electron chi connectivity index (χ3n) is 5.29. The van der Waals surface area contributed by atoms with Crippen LogP contribution in [0.25, 0.3) is 0 Å². The Morgan fingerprint density at radius 2 is 2.00 bits per heavy atom. The van der Waals surface area contributed by atoms with Gasteiger partial charge in [0.2, 0.25) is 5.91 Å². The van der Waals surface area contributed by atoms with Gasteiger partial charge in [-0.05, 0) is 65.5 Å². The summed E-state index contributed by atoms with van der Waals surface area (Å²) in [5.74, 6) is 2.19. The number of methoxy groups -OCH3 is 2. The molecule has 5 nitrogen and oxygen atoms in total. The monoisotopic (exact) mass is 388 g/mol. The van der Waals surface area contributed by atoms with E-state index in [1.165, 1.54) is 5.56 Å². The van der Waals surface area contributed by atoms with Gasteiger partial charge in [-0.2, -0.15) is 11.3 Å². The van der Waals surface area contributed by atoms with Crippen LogP contribution in [0.1, 0.15) is 18.1 Å². The number of thiophene rings is 1. The second-order valence-electron chi connectivity index (χ2n) is 7.04. The molecule has 0 bridgehead atoms. The minimum Gasteiger partial charge on any atom is -0.493 e.